The normalized spacial score (nSPS) is 14.8. The van der Waals surface area contributed by atoms with Crippen LogP contribution in [0.3, 0.4) is 0 Å². The lowest BCUT2D eigenvalue weighted by Gasteiger charge is -2.19. The Morgan fingerprint density at radius 3 is 2.62 bits per heavy atom. The molecule has 0 heterocycles. The van der Waals surface area contributed by atoms with E-state index in [1.54, 1.807) is 25.1 Å². The van der Waals surface area contributed by atoms with Crippen molar-refractivity contribution in [3.05, 3.63) is 39.3 Å². The van der Waals surface area contributed by atoms with Gasteiger partial charge in [-0.25, -0.2) is 4.57 Å². The number of hydrogen-bond acceptors (Lipinski definition) is 4. The van der Waals surface area contributed by atoms with Gasteiger partial charge in [0.25, 0.3) is 0 Å². The molecule has 0 aromatic heterocycles. The molecular weight excluding hydrogens is 374 g/mol. The SMILES string of the molecule is CCCSP(=O)(OCC)OC(=CCl)c1ccc(Cl)cc1Cl. The minimum atomic E-state index is -3.33. The maximum Gasteiger partial charge on any atom is 0.440 e. The minimum Gasteiger partial charge on any atom is -0.415 e. The molecule has 0 aliphatic heterocycles. The van der Waals surface area contributed by atoms with Crippen LogP contribution < -0.4 is 0 Å². The molecule has 1 unspecified atom stereocenters. The number of benzene rings is 1. The van der Waals surface area contributed by atoms with Gasteiger partial charge >= 0.3 is 6.80 Å². The molecular formula is C13H16Cl3O3PS. The quantitative estimate of drug-likeness (QED) is 0.360. The predicted octanol–water partition coefficient (Wildman–Crippen LogP) is 6.84. The summed E-state index contributed by atoms with van der Waals surface area (Å²) in [5.41, 5.74) is 1.70. The fourth-order valence-electron chi connectivity index (χ4n) is 1.39. The molecule has 1 rings (SSSR count). The molecule has 1 atom stereocenters. The van der Waals surface area contributed by atoms with Gasteiger partial charge in [-0.3, -0.25) is 4.52 Å². The highest BCUT2D eigenvalue weighted by Crippen LogP contribution is 2.63. The van der Waals surface area contributed by atoms with Gasteiger partial charge in [-0.15, -0.1) is 0 Å². The molecule has 0 radical (unpaired) electrons. The maximum atomic E-state index is 12.6. The van der Waals surface area contributed by atoms with Crippen LogP contribution in [-0.2, 0) is 13.6 Å². The summed E-state index contributed by atoms with van der Waals surface area (Å²) in [6, 6.07) is 4.87. The lowest BCUT2D eigenvalue weighted by Crippen LogP contribution is -1.95. The van der Waals surface area contributed by atoms with E-state index in [1.807, 2.05) is 6.92 Å². The van der Waals surface area contributed by atoms with Gasteiger partial charge < -0.3 is 4.52 Å². The van der Waals surface area contributed by atoms with Crippen molar-refractivity contribution in [1.82, 2.24) is 0 Å². The molecule has 8 heteroatoms. The molecule has 118 valence electrons. The largest absolute Gasteiger partial charge is 0.440 e. The van der Waals surface area contributed by atoms with Crippen LogP contribution in [0.4, 0.5) is 0 Å². The highest BCUT2D eigenvalue weighted by atomic mass is 35.5. The summed E-state index contributed by atoms with van der Waals surface area (Å²) >= 11 is 18.9. The Morgan fingerprint density at radius 1 is 1.38 bits per heavy atom. The predicted molar refractivity (Wildman–Crippen MR) is 93.4 cm³/mol. The standard InChI is InChI=1S/C13H16Cl3O3PS/c1-3-7-21-20(17,18-4-2)19-13(9-14)11-6-5-10(15)8-12(11)16/h5-6,8-9H,3-4,7H2,1-2H3. The topological polar surface area (TPSA) is 35.5 Å². The van der Waals surface area contributed by atoms with Crippen LogP contribution in [0.5, 0.6) is 0 Å². The molecule has 1 aromatic rings. The Bertz CT molecular complexity index is 551. The van der Waals surface area contributed by atoms with E-state index in [9.17, 15) is 4.57 Å². The van der Waals surface area contributed by atoms with Crippen LogP contribution in [0.25, 0.3) is 5.76 Å². The molecule has 3 nitrogen and oxygen atoms in total. The van der Waals surface area contributed by atoms with Crippen molar-refractivity contribution in [1.29, 1.82) is 0 Å². The molecule has 0 aliphatic carbocycles. The number of halogens is 3. The lowest BCUT2D eigenvalue weighted by molar-refractivity contribution is 0.287. The molecule has 0 aliphatic rings. The first-order chi connectivity index (χ1) is 9.95. The van der Waals surface area contributed by atoms with Crippen LogP contribution in [0, 0.1) is 0 Å². The second kappa shape index (κ2) is 9.34. The van der Waals surface area contributed by atoms with Crippen LogP contribution in [0.15, 0.2) is 23.7 Å². The van der Waals surface area contributed by atoms with E-state index in [0.717, 1.165) is 17.8 Å². The van der Waals surface area contributed by atoms with Gasteiger partial charge in [-0.2, -0.15) is 0 Å². The average molecular weight is 390 g/mol. The fourth-order valence-corrected chi connectivity index (χ4v) is 5.57. The van der Waals surface area contributed by atoms with Gasteiger partial charge in [0.2, 0.25) is 0 Å². The molecule has 0 spiro atoms. The first-order valence-electron chi connectivity index (χ1n) is 6.30. The Balaban J connectivity index is 3.01. The van der Waals surface area contributed by atoms with Crippen LogP contribution in [-0.4, -0.2) is 12.4 Å². The molecule has 0 bridgehead atoms. The van der Waals surface area contributed by atoms with E-state index in [0.29, 0.717) is 21.4 Å². The fraction of sp³-hybridized carbons (Fsp3) is 0.385. The van der Waals surface area contributed by atoms with E-state index in [4.69, 9.17) is 43.9 Å². The first kappa shape index (κ1) is 19.2. The number of rotatable bonds is 8. The highest BCUT2D eigenvalue weighted by molar-refractivity contribution is 8.55. The summed E-state index contributed by atoms with van der Waals surface area (Å²) in [5.74, 6) is 0.847. The second-order valence-electron chi connectivity index (χ2n) is 3.89. The molecule has 0 fully saturated rings. The average Bonchev–Trinajstić information content (AvgIpc) is 2.44. The van der Waals surface area contributed by atoms with Crippen molar-refractivity contribution in [2.45, 2.75) is 20.3 Å². The van der Waals surface area contributed by atoms with Gasteiger partial charge in [-0.1, -0.05) is 41.7 Å². The summed E-state index contributed by atoms with van der Waals surface area (Å²) in [5, 5.41) is 0.851. The zero-order valence-electron chi connectivity index (χ0n) is 11.6. The van der Waals surface area contributed by atoms with E-state index in [-0.39, 0.29) is 12.4 Å². The van der Waals surface area contributed by atoms with Crippen LogP contribution >= 0.6 is 53.0 Å². The molecule has 0 N–H and O–H groups in total. The summed E-state index contributed by atoms with van der Waals surface area (Å²) in [6.07, 6.45) is 0.854. The summed E-state index contributed by atoms with van der Waals surface area (Å²) < 4.78 is 23.5. The van der Waals surface area contributed by atoms with E-state index in [1.165, 1.54) is 5.54 Å². The summed E-state index contributed by atoms with van der Waals surface area (Å²) in [6.45, 7) is 0.678. The van der Waals surface area contributed by atoms with Crippen molar-refractivity contribution < 1.29 is 13.6 Å². The van der Waals surface area contributed by atoms with Gasteiger partial charge in [0, 0.05) is 21.9 Å². The van der Waals surface area contributed by atoms with Gasteiger partial charge in [0.1, 0.15) is 5.76 Å². The third-order valence-corrected chi connectivity index (χ3v) is 6.93. The van der Waals surface area contributed by atoms with Crippen LogP contribution in [0.1, 0.15) is 25.8 Å². The number of hydrogen-bond donors (Lipinski definition) is 0. The molecule has 0 saturated carbocycles. The smallest absolute Gasteiger partial charge is 0.415 e. The zero-order chi connectivity index (χ0) is 15.9. The summed E-state index contributed by atoms with van der Waals surface area (Å²) in [4.78, 5) is 0. The molecule has 21 heavy (non-hydrogen) atoms. The lowest BCUT2D eigenvalue weighted by atomic mass is 10.2. The Morgan fingerprint density at radius 2 is 2.10 bits per heavy atom. The monoisotopic (exact) mass is 388 g/mol. The van der Waals surface area contributed by atoms with Gasteiger partial charge in [-0.05, 0) is 42.9 Å². The van der Waals surface area contributed by atoms with Crippen molar-refractivity contribution >= 4 is 58.7 Å². The zero-order valence-corrected chi connectivity index (χ0v) is 15.6. The summed E-state index contributed by atoms with van der Waals surface area (Å²) in [7, 11) is 0. The van der Waals surface area contributed by atoms with Crippen LogP contribution in [0.2, 0.25) is 10.0 Å². The molecule has 0 saturated heterocycles. The van der Waals surface area contributed by atoms with Crippen molar-refractivity contribution in [2.24, 2.45) is 0 Å². The highest BCUT2D eigenvalue weighted by Gasteiger charge is 2.28. The van der Waals surface area contributed by atoms with E-state index < -0.39 is 6.80 Å². The second-order valence-corrected chi connectivity index (χ2v) is 9.07. The van der Waals surface area contributed by atoms with Gasteiger partial charge in [0.15, 0.2) is 0 Å². The first-order valence-corrected chi connectivity index (χ1v) is 10.6. The third-order valence-electron chi connectivity index (χ3n) is 2.25. The van der Waals surface area contributed by atoms with Crippen molar-refractivity contribution in [3.63, 3.8) is 0 Å². The maximum absolute atomic E-state index is 12.6. The Labute approximate surface area is 144 Å². The third kappa shape index (κ3) is 6.05. The van der Waals surface area contributed by atoms with Gasteiger partial charge in [0.05, 0.1) is 11.6 Å². The molecule has 0 amide bonds. The minimum absolute atomic E-state index is 0.193. The Hall–Kier alpha value is 0.170. The van der Waals surface area contributed by atoms with E-state index in [2.05, 4.69) is 0 Å². The Kier molecular flexibility index (Phi) is 8.55. The van der Waals surface area contributed by atoms with Crippen molar-refractivity contribution in [2.75, 3.05) is 12.4 Å². The van der Waals surface area contributed by atoms with E-state index >= 15 is 0 Å². The van der Waals surface area contributed by atoms with Crippen molar-refractivity contribution in [3.8, 4) is 0 Å². The molecule has 1 aromatic carbocycles.